The lowest BCUT2D eigenvalue weighted by molar-refractivity contribution is -0.121. The summed E-state index contributed by atoms with van der Waals surface area (Å²) in [6.45, 7) is -0.00787. The Hall–Kier alpha value is -3.25. The van der Waals surface area contributed by atoms with E-state index in [4.69, 9.17) is 5.14 Å². The van der Waals surface area contributed by atoms with Crippen LogP contribution < -0.4 is 21.7 Å². The van der Waals surface area contributed by atoms with E-state index in [1.807, 2.05) is 0 Å². The average Bonchev–Trinajstić information content (AvgIpc) is 3.06. The molecule has 0 unspecified atom stereocenters. The fourth-order valence-corrected chi connectivity index (χ4v) is 3.24. The molecule has 0 saturated heterocycles. The third-order valence-electron chi connectivity index (χ3n) is 4.27. The number of sulfonamides is 1. The molecular formula is C16H18N6O5S. The molecule has 0 atom stereocenters. The van der Waals surface area contributed by atoms with Gasteiger partial charge in [-0.1, -0.05) is 12.1 Å². The first-order valence-corrected chi connectivity index (χ1v) is 9.63. The summed E-state index contributed by atoms with van der Waals surface area (Å²) in [5.74, 6) is -0.384. The Bertz CT molecular complexity index is 1280. The first-order chi connectivity index (χ1) is 13.1. The van der Waals surface area contributed by atoms with Crippen molar-refractivity contribution in [3.8, 4) is 0 Å². The van der Waals surface area contributed by atoms with Crippen LogP contribution in [0.5, 0.6) is 0 Å². The van der Waals surface area contributed by atoms with Gasteiger partial charge in [0.2, 0.25) is 15.9 Å². The van der Waals surface area contributed by atoms with Crippen LogP contribution >= 0.6 is 0 Å². The van der Waals surface area contributed by atoms with E-state index in [1.54, 1.807) is 0 Å². The summed E-state index contributed by atoms with van der Waals surface area (Å²) in [6, 6.07) is 5.78. The number of rotatable bonds is 5. The van der Waals surface area contributed by atoms with Gasteiger partial charge in [-0.2, -0.15) is 0 Å². The van der Waals surface area contributed by atoms with Crippen molar-refractivity contribution in [2.24, 2.45) is 19.2 Å². The van der Waals surface area contributed by atoms with Gasteiger partial charge in [-0.15, -0.1) is 0 Å². The van der Waals surface area contributed by atoms with E-state index in [2.05, 4.69) is 10.3 Å². The molecule has 0 radical (unpaired) electrons. The summed E-state index contributed by atoms with van der Waals surface area (Å²) in [4.78, 5) is 40.6. The lowest BCUT2D eigenvalue weighted by atomic mass is 10.2. The highest BCUT2D eigenvalue weighted by Gasteiger charge is 2.16. The molecule has 1 amide bonds. The normalized spacial score (nSPS) is 11.7. The van der Waals surface area contributed by atoms with Crippen molar-refractivity contribution < 1.29 is 13.2 Å². The Morgan fingerprint density at radius 3 is 2.39 bits per heavy atom. The summed E-state index contributed by atoms with van der Waals surface area (Å²) in [6.07, 6.45) is 1.33. The topological polar surface area (TPSA) is 151 Å². The van der Waals surface area contributed by atoms with Gasteiger partial charge in [-0.3, -0.25) is 18.7 Å². The average molecular weight is 406 g/mol. The number of aromatic nitrogens is 4. The number of carbonyl (C=O) groups is 1. The zero-order valence-electron chi connectivity index (χ0n) is 15.1. The fourth-order valence-electron chi connectivity index (χ4n) is 2.73. The molecule has 0 fully saturated rings. The zero-order valence-corrected chi connectivity index (χ0v) is 15.9. The van der Waals surface area contributed by atoms with Crippen LogP contribution in [-0.2, 0) is 42.0 Å². The summed E-state index contributed by atoms with van der Waals surface area (Å²) in [7, 11) is -0.927. The SMILES string of the molecule is Cn1c(=O)c2c(ncn2CC(=O)NCc2ccc(S(N)(=O)=O)cc2)n(C)c1=O. The number of amides is 1. The van der Waals surface area contributed by atoms with Gasteiger partial charge in [0.1, 0.15) is 6.54 Å². The van der Waals surface area contributed by atoms with E-state index in [0.717, 1.165) is 4.57 Å². The summed E-state index contributed by atoms with van der Waals surface area (Å²) in [5.41, 5.74) is -0.0246. The van der Waals surface area contributed by atoms with Crippen LogP contribution in [0.15, 0.2) is 45.1 Å². The molecule has 2 aromatic heterocycles. The monoisotopic (exact) mass is 406 g/mol. The number of hydrogen-bond donors (Lipinski definition) is 2. The third kappa shape index (κ3) is 3.59. The molecule has 0 saturated carbocycles. The minimum absolute atomic E-state index is 0.0195. The number of carbonyl (C=O) groups excluding carboxylic acids is 1. The van der Waals surface area contributed by atoms with Crippen LogP contribution in [0.1, 0.15) is 5.56 Å². The van der Waals surface area contributed by atoms with E-state index in [9.17, 15) is 22.8 Å². The van der Waals surface area contributed by atoms with Crippen molar-refractivity contribution in [1.29, 1.82) is 0 Å². The Morgan fingerprint density at radius 1 is 1.14 bits per heavy atom. The minimum atomic E-state index is -3.77. The number of aryl methyl sites for hydroxylation is 1. The van der Waals surface area contributed by atoms with Crippen LogP contribution in [0.2, 0.25) is 0 Å². The van der Waals surface area contributed by atoms with E-state index in [0.29, 0.717) is 5.56 Å². The number of nitrogens with one attached hydrogen (secondary N) is 1. The van der Waals surface area contributed by atoms with Crippen LogP contribution in [-0.4, -0.2) is 33.0 Å². The van der Waals surface area contributed by atoms with Crippen LogP contribution in [0.3, 0.4) is 0 Å². The molecular weight excluding hydrogens is 388 g/mol. The molecule has 148 valence electrons. The highest BCUT2D eigenvalue weighted by molar-refractivity contribution is 7.89. The van der Waals surface area contributed by atoms with Gasteiger partial charge in [0.05, 0.1) is 11.2 Å². The maximum absolute atomic E-state index is 12.4. The van der Waals surface area contributed by atoms with Gasteiger partial charge >= 0.3 is 5.69 Å². The molecule has 28 heavy (non-hydrogen) atoms. The summed E-state index contributed by atoms with van der Waals surface area (Å²) >= 11 is 0. The zero-order chi connectivity index (χ0) is 20.6. The van der Waals surface area contributed by atoms with Crippen LogP contribution in [0.4, 0.5) is 0 Å². The molecule has 0 aliphatic heterocycles. The lowest BCUT2D eigenvalue weighted by Crippen LogP contribution is -2.38. The summed E-state index contributed by atoms with van der Waals surface area (Å²) < 4.78 is 26.0. The van der Waals surface area contributed by atoms with Crippen LogP contribution in [0, 0.1) is 0 Å². The predicted octanol–water partition coefficient (Wildman–Crippen LogP) is -1.60. The van der Waals surface area contributed by atoms with Crippen LogP contribution in [0.25, 0.3) is 11.2 Å². The van der Waals surface area contributed by atoms with E-state index >= 15 is 0 Å². The van der Waals surface area contributed by atoms with E-state index < -0.39 is 21.3 Å². The number of nitrogens with two attached hydrogens (primary N) is 1. The molecule has 11 nitrogen and oxygen atoms in total. The van der Waals surface area contributed by atoms with Crippen molar-refractivity contribution in [3.63, 3.8) is 0 Å². The molecule has 2 heterocycles. The van der Waals surface area contributed by atoms with Crippen molar-refractivity contribution in [2.75, 3.05) is 0 Å². The first kappa shape index (κ1) is 19.5. The van der Waals surface area contributed by atoms with Gasteiger partial charge < -0.3 is 9.88 Å². The molecule has 0 aliphatic rings. The highest BCUT2D eigenvalue weighted by Crippen LogP contribution is 2.09. The Labute approximate surface area is 159 Å². The number of nitrogens with zero attached hydrogens (tertiary/aromatic N) is 4. The first-order valence-electron chi connectivity index (χ1n) is 8.09. The van der Waals surface area contributed by atoms with Gasteiger partial charge in [0, 0.05) is 20.6 Å². The van der Waals surface area contributed by atoms with Gasteiger partial charge in [0.25, 0.3) is 5.56 Å². The molecule has 12 heteroatoms. The predicted molar refractivity (Wildman–Crippen MR) is 99.9 cm³/mol. The number of imidazole rings is 1. The van der Waals surface area contributed by atoms with Gasteiger partial charge in [0.15, 0.2) is 11.2 Å². The molecule has 0 aliphatic carbocycles. The van der Waals surface area contributed by atoms with Crippen molar-refractivity contribution in [3.05, 3.63) is 57.0 Å². The molecule has 0 bridgehead atoms. The number of hydrogen-bond acceptors (Lipinski definition) is 6. The number of benzene rings is 1. The maximum Gasteiger partial charge on any atom is 0.332 e. The molecule has 3 rings (SSSR count). The smallest absolute Gasteiger partial charge is 0.332 e. The van der Waals surface area contributed by atoms with E-state index in [1.165, 1.54) is 53.8 Å². The molecule has 3 aromatic rings. The molecule has 1 aromatic carbocycles. The third-order valence-corrected chi connectivity index (χ3v) is 5.20. The largest absolute Gasteiger partial charge is 0.350 e. The number of fused-ring (bicyclic) bond motifs is 1. The Kier molecular flexibility index (Phi) is 4.91. The maximum atomic E-state index is 12.4. The quantitative estimate of drug-likeness (QED) is 0.521. The van der Waals surface area contributed by atoms with Crippen molar-refractivity contribution >= 4 is 27.1 Å². The molecule has 0 spiro atoms. The van der Waals surface area contributed by atoms with Crippen molar-refractivity contribution in [1.82, 2.24) is 24.0 Å². The second-order valence-electron chi connectivity index (χ2n) is 6.22. The summed E-state index contributed by atoms with van der Waals surface area (Å²) in [5, 5.41) is 7.71. The molecule has 3 N–H and O–H groups in total. The number of primary sulfonamides is 1. The Balaban J connectivity index is 1.76. The Morgan fingerprint density at radius 2 is 1.79 bits per heavy atom. The second-order valence-corrected chi connectivity index (χ2v) is 7.78. The van der Waals surface area contributed by atoms with Gasteiger partial charge in [-0.25, -0.2) is 23.3 Å². The van der Waals surface area contributed by atoms with Crippen molar-refractivity contribution in [2.45, 2.75) is 18.0 Å². The van der Waals surface area contributed by atoms with Gasteiger partial charge in [-0.05, 0) is 17.7 Å². The fraction of sp³-hybridized carbons (Fsp3) is 0.250. The standard InChI is InChI=1S/C16H18N6O5S/c1-20-14-13(15(24)21(2)16(20)25)22(9-19-14)8-12(23)18-7-10-3-5-11(6-4-10)28(17,26)27/h3-6,9H,7-8H2,1-2H3,(H,18,23)(H2,17,26,27). The van der Waals surface area contributed by atoms with E-state index in [-0.39, 0.29) is 35.1 Å². The minimum Gasteiger partial charge on any atom is -0.350 e. The second kappa shape index (κ2) is 7.05. The highest BCUT2D eigenvalue weighted by atomic mass is 32.2. The lowest BCUT2D eigenvalue weighted by Gasteiger charge is -2.08.